The summed E-state index contributed by atoms with van der Waals surface area (Å²) < 4.78 is 0. The number of rotatable bonds is 6. The Morgan fingerprint density at radius 1 is 1.41 bits per heavy atom. The van der Waals surface area contributed by atoms with Gasteiger partial charge in [-0.15, -0.1) is 0 Å². The monoisotopic (exact) mass is 252 g/mol. The maximum atomic E-state index is 11.7. The predicted molar refractivity (Wildman–Crippen MR) is 76.5 cm³/mol. The highest BCUT2D eigenvalue weighted by Gasteiger charge is 2.04. The van der Waals surface area contributed by atoms with Crippen LogP contribution in [-0.4, -0.2) is 17.4 Å². The van der Waals surface area contributed by atoms with Crippen molar-refractivity contribution in [3.8, 4) is 0 Å². The fourth-order valence-corrected chi connectivity index (χ4v) is 2.22. The first-order valence-corrected chi connectivity index (χ1v) is 7.02. The Labute approximate surface area is 107 Å². The minimum Gasteiger partial charge on any atom is -0.399 e. The fourth-order valence-electron chi connectivity index (χ4n) is 1.40. The molecular weight excluding hydrogens is 232 g/mol. The molecule has 0 fully saturated rings. The van der Waals surface area contributed by atoms with Crippen LogP contribution < -0.4 is 11.1 Å². The van der Waals surface area contributed by atoms with Crippen LogP contribution in [-0.2, 0) is 4.79 Å². The molecule has 0 unspecified atom stereocenters. The molecule has 94 valence electrons. The van der Waals surface area contributed by atoms with Crippen LogP contribution in [0, 0.1) is 6.92 Å². The zero-order valence-electron chi connectivity index (χ0n) is 10.5. The normalized spacial score (nSPS) is 10.2. The Kier molecular flexibility index (Phi) is 5.91. The molecule has 1 aromatic rings. The molecule has 0 atom stereocenters. The van der Waals surface area contributed by atoms with Crippen LogP contribution in [0.2, 0.25) is 0 Å². The van der Waals surface area contributed by atoms with Crippen molar-refractivity contribution in [3.05, 3.63) is 23.8 Å². The van der Waals surface area contributed by atoms with Crippen LogP contribution in [0.1, 0.15) is 25.3 Å². The van der Waals surface area contributed by atoms with Crippen LogP contribution in [0.5, 0.6) is 0 Å². The van der Waals surface area contributed by atoms with E-state index in [0.717, 1.165) is 29.2 Å². The summed E-state index contributed by atoms with van der Waals surface area (Å²) in [6.45, 7) is 4.10. The van der Waals surface area contributed by atoms with Gasteiger partial charge < -0.3 is 11.1 Å². The smallest absolute Gasteiger partial charge is 0.225 e. The van der Waals surface area contributed by atoms with E-state index < -0.39 is 0 Å². The van der Waals surface area contributed by atoms with Crippen molar-refractivity contribution in [1.82, 2.24) is 0 Å². The molecule has 0 saturated heterocycles. The third kappa shape index (κ3) is 5.13. The molecule has 17 heavy (non-hydrogen) atoms. The van der Waals surface area contributed by atoms with E-state index in [1.807, 2.05) is 30.8 Å². The van der Waals surface area contributed by atoms with Crippen molar-refractivity contribution in [2.75, 3.05) is 22.6 Å². The van der Waals surface area contributed by atoms with Crippen molar-refractivity contribution in [2.24, 2.45) is 0 Å². The second kappa shape index (κ2) is 7.22. The molecule has 3 nitrogen and oxygen atoms in total. The standard InChI is InChI=1S/C13H20N2OS/c1-3-7-17-8-6-13(16)15-12-9-11(14)5-4-10(12)2/h4-5,9H,3,6-8,14H2,1-2H3,(H,15,16). The van der Waals surface area contributed by atoms with E-state index in [9.17, 15) is 4.79 Å². The first kappa shape index (κ1) is 13.9. The summed E-state index contributed by atoms with van der Waals surface area (Å²) in [5, 5.41) is 2.90. The lowest BCUT2D eigenvalue weighted by molar-refractivity contribution is -0.115. The molecule has 1 rings (SSSR count). The molecule has 1 amide bonds. The van der Waals surface area contributed by atoms with Gasteiger partial charge in [-0.25, -0.2) is 0 Å². The third-order valence-corrected chi connectivity index (χ3v) is 3.55. The zero-order valence-corrected chi connectivity index (χ0v) is 11.3. The molecule has 0 radical (unpaired) electrons. The number of carbonyl (C=O) groups excluding carboxylic acids is 1. The summed E-state index contributed by atoms with van der Waals surface area (Å²) in [6.07, 6.45) is 1.71. The van der Waals surface area contributed by atoms with Gasteiger partial charge in [0.15, 0.2) is 0 Å². The number of carbonyl (C=O) groups is 1. The SMILES string of the molecule is CCCSCCC(=O)Nc1cc(N)ccc1C. The van der Waals surface area contributed by atoms with E-state index in [1.165, 1.54) is 0 Å². The van der Waals surface area contributed by atoms with Crippen LogP contribution in [0.4, 0.5) is 11.4 Å². The lowest BCUT2D eigenvalue weighted by Crippen LogP contribution is -2.13. The minimum absolute atomic E-state index is 0.0577. The van der Waals surface area contributed by atoms with Crippen LogP contribution in [0.25, 0.3) is 0 Å². The van der Waals surface area contributed by atoms with Crippen LogP contribution >= 0.6 is 11.8 Å². The average Bonchev–Trinajstić information content (AvgIpc) is 2.29. The summed E-state index contributed by atoms with van der Waals surface area (Å²) >= 11 is 1.81. The number of nitrogen functional groups attached to an aromatic ring is 1. The van der Waals surface area contributed by atoms with Gasteiger partial charge in [0, 0.05) is 23.5 Å². The maximum absolute atomic E-state index is 11.7. The number of hydrogen-bond donors (Lipinski definition) is 2. The Morgan fingerprint density at radius 3 is 2.88 bits per heavy atom. The third-order valence-electron chi connectivity index (χ3n) is 2.36. The number of thioether (sulfide) groups is 1. The van der Waals surface area contributed by atoms with Gasteiger partial charge >= 0.3 is 0 Å². The van der Waals surface area contributed by atoms with Crippen molar-refractivity contribution >= 4 is 29.0 Å². The predicted octanol–water partition coefficient (Wildman–Crippen LogP) is 3.05. The highest BCUT2D eigenvalue weighted by atomic mass is 32.2. The van der Waals surface area contributed by atoms with Crippen LogP contribution in [0.15, 0.2) is 18.2 Å². The number of amides is 1. The van der Waals surface area contributed by atoms with Gasteiger partial charge in [0.2, 0.25) is 5.91 Å². The molecule has 0 heterocycles. The Bertz CT molecular complexity index is 380. The molecule has 0 saturated carbocycles. The molecule has 0 aliphatic carbocycles. The lowest BCUT2D eigenvalue weighted by atomic mass is 10.2. The number of hydrogen-bond acceptors (Lipinski definition) is 3. The molecule has 0 aliphatic rings. The number of nitrogens with two attached hydrogens (primary N) is 1. The summed E-state index contributed by atoms with van der Waals surface area (Å²) in [4.78, 5) is 11.7. The Hall–Kier alpha value is -1.16. The molecule has 1 aromatic carbocycles. The number of nitrogens with one attached hydrogen (secondary N) is 1. The second-order valence-corrected chi connectivity index (χ2v) is 5.21. The van der Waals surface area contributed by atoms with E-state index in [4.69, 9.17) is 5.73 Å². The molecule has 0 aliphatic heterocycles. The van der Waals surface area contributed by atoms with E-state index >= 15 is 0 Å². The topological polar surface area (TPSA) is 55.1 Å². The zero-order chi connectivity index (χ0) is 12.7. The van der Waals surface area contributed by atoms with Crippen molar-refractivity contribution in [2.45, 2.75) is 26.7 Å². The van der Waals surface area contributed by atoms with E-state index in [2.05, 4.69) is 12.2 Å². The summed E-state index contributed by atoms with van der Waals surface area (Å²) in [5.74, 6) is 2.05. The number of anilines is 2. The second-order valence-electron chi connectivity index (χ2n) is 3.98. The Balaban J connectivity index is 2.42. The first-order chi connectivity index (χ1) is 8.13. The molecule has 3 N–H and O–H groups in total. The molecular formula is C13H20N2OS. The molecule has 0 spiro atoms. The summed E-state index contributed by atoms with van der Waals surface area (Å²) in [5.41, 5.74) is 8.21. The van der Waals surface area contributed by atoms with E-state index in [-0.39, 0.29) is 5.91 Å². The maximum Gasteiger partial charge on any atom is 0.225 e. The highest BCUT2D eigenvalue weighted by Crippen LogP contribution is 2.18. The van der Waals surface area contributed by atoms with Gasteiger partial charge in [0.1, 0.15) is 0 Å². The lowest BCUT2D eigenvalue weighted by Gasteiger charge is -2.09. The van der Waals surface area contributed by atoms with Gasteiger partial charge in [-0.05, 0) is 36.8 Å². The summed E-state index contributed by atoms with van der Waals surface area (Å²) in [7, 11) is 0. The van der Waals surface area contributed by atoms with E-state index in [1.54, 1.807) is 6.07 Å². The largest absolute Gasteiger partial charge is 0.399 e. The van der Waals surface area contributed by atoms with Crippen LogP contribution in [0.3, 0.4) is 0 Å². The minimum atomic E-state index is 0.0577. The number of benzene rings is 1. The fraction of sp³-hybridized carbons (Fsp3) is 0.462. The molecule has 0 bridgehead atoms. The Morgan fingerprint density at radius 2 is 2.18 bits per heavy atom. The van der Waals surface area contributed by atoms with Gasteiger partial charge in [-0.3, -0.25) is 4.79 Å². The average molecular weight is 252 g/mol. The highest BCUT2D eigenvalue weighted by molar-refractivity contribution is 7.99. The number of aryl methyl sites for hydroxylation is 1. The van der Waals surface area contributed by atoms with Crippen molar-refractivity contribution in [3.63, 3.8) is 0 Å². The van der Waals surface area contributed by atoms with Gasteiger partial charge in [-0.1, -0.05) is 13.0 Å². The summed E-state index contributed by atoms with van der Waals surface area (Å²) in [6, 6.07) is 5.55. The van der Waals surface area contributed by atoms with Gasteiger partial charge in [0.05, 0.1) is 0 Å². The van der Waals surface area contributed by atoms with Crippen molar-refractivity contribution in [1.29, 1.82) is 0 Å². The quantitative estimate of drug-likeness (QED) is 0.604. The molecule has 4 heteroatoms. The molecule has 0 aromatic heterocycles. The first-order valence-electron chi connectivity index (χ1n) is 5.87. The van der Waals surface area contributed by atoms with Gasteiger partial charge in [0.25, 0.3) is 0 Å². The van der Waals surface area contributed by atoms with E-state index in [0.29, 0.717) is 12.1 Å². The van der Waals surface area contributed by atoms with Crippen molar-refractivity contribution < 1.29 is 4.79 Å². The van der Waals surface area contributed by atoms with Gasteiger partial charge in [-0.2, -0.15) is 11.8 Å².